The van der Waals surface area contributed by atoms with Crippen LogP contribution >= 0.6 is 0 Å². The smallest absolute Gasteiger partial charge is 0.227 e. The molecule has 27 heavy (non-hydrogen) atoms. The number of hydrogen-bond donors (Lipinski definition) is 0. The van der Waals surface area contributed by atoms with E-state index >= 15 is 0 Å². The lowest BCUT2D eigenvalue weighted by molar-refractivity contribution is -0.142. The third-order valence-electron chi connectivity index (χ3n) is 5.73. The predicted octanol–water partition coefficient (Wildman–Crippen LogP) is 2.50. The van der Waals surface area contributed by atoms with Crippen LogP contribution in [0.4, 0.5) is 0 Å². The minimum absolute atomic E-state index is 0.0614. The van der Waals surface area contributed by atoms with Crippen molar-refractivity contribution in [2.24, 2.45) is 5.92 Å². The van der Waals surface area contributed by atoms with E-state index in [9.17, 15) is 9.59 Å². The zero-order valence-corrected chi connectivity index (χ0v) is 16.4. The highest BCUT2D eigenvalue weighted by atomic mass is 16.5. The van der Waals surface area contributed by atoms with Crippen molar-refractivity contribution in [3.63, 3.8) is 0 Å². The Hall–Kier alpha value is -2.24. The molecule has 1 aromatic carbocycles. The first-order valence-electron chi connectivity index (χ1n) is 9.90. The van der Waals surface area contributed by atoms with E-state index in [4.69, 9.17) is 9.47 Å². The lowest BCUT2D eigenvalue weighted by Gasteiger charge is -2.37. The van der Waals surface area contributed by atoms with Gasteiger partial charge in [-0.25, -0.2) is 0 Å². The third-order valence-corrected chi connectivity index (χ3v) is 5.73. The summed E-state index contributed by atoms with van der Waals surface area (Å²) in [6.07, 6.45) is 5.90. The largest absolute Gasteiger partial charge is 0.497 e. The summed E-state index contributed by atoms with van der Waals surface area (Å²) in [5, 5.41) is 0. The molecule has 1 aromatic rings. The van der Waals surface area contributed by atoms with E-state index in [0.29, 0.717) is 37.7 Å². The summed E-state index contributed by atoms with van der Waals surface area (Å²) in [7, 11) is 3.21. The number of nitrogens with zero attached hydrogens (tertiary/aromatic N) is 2. The van der Waals surface area contributed by atoms with Gasteiger partial charge in [-0.1, -0.05) is 19.3 Å². The molecule has 0 aromatic heterocycles. The van der Waals surface area contributed by atoms with Crippen molar-refractivity contribution in [3.05, 3.63) is 23.8 Å². The average molecular weight is 374 g/mol. The van der Waals surface area contributed by atoms with Crippen molar-refractivity contribution >= 4 is 11.8 Å². The first-order chi connectivity index (χ1) is 13.1. The Balaban J connectivity index is 1.55. The van der Waals surface area contributed by atoms with Gasteiger partial charge >= 0.3 is 0 Å². The molecule has 1 saturated carbocycles. The van der Waals surface area contributed by atoms with Gasteiger partial charge in [-0.05, 0) is 31.0 Å². The second-order valence-electron chi connectivity index (χ2n) is 7.40. The molecule has 0 atom stereocenters. The van der Waals surface area contributed by atoms with Crippen LogP contribution in [0.25, 0.3) is 0 Å². The van der Waals surface area contributed by atoms with E-state index in [1.165, 1.54) is 6.42 Å². The number of piperazine rings is 1. The highest BCUT2D eigenvalue weighted by Crippen LogP contribution is 2.27. The van der Waals surface area contributed by atoms with Gasteiger partial charge in [-0.2, -0.15) is 0 Å². The number of benzene rings is 1. The molecule has 148 valence electrons. The fraction of sp³-hybridized carbons (Fsp3) is 0.619. The number of hydrogen-bond acceptors (Lipinski definition) is 4. The molecule has 2 aliphatic rings. The van der Waals surface area contributed by atoms with Gasteiger partial charge < -0.3 is 19.3 Å². The molecule has 6 heteroatoms. The van der Waals surface area contributed by atoms with Crippen LogP contribution < -0.4 is 9.47 Å². The molecule has 0 N–H and O–H groups in total. The number of ether oxygens (including phenoxy) is 2. The fourth-order valence-electron chi connectivity index (χ4n) is 4.08. The topological polar surface area (TPSA) is 59.1 Å². The van der Waals surface area contributed by atoms with E-state index in [0.717, 1.165) is 31.2 Å². The first-order valence-corrected chi connectivity index (χ1v) is 9.90. The van der Waals surface area contributed by atoms with Crippen LogP contribution in [0.15, 0.2) is 18.2 Å². The SMILES string of the molecule is COc1ccc(OC)c(CC(=O)N2CCN(C(=O)C3CCCCC3)CC2)c1. The highest BCUT2D eigenvalue weighted by Gasteiger charge is 2.29. The van der Waals surface area contributed by atoms with Gasteiger partial charge in [0.05, 0.1) is 20.6 Å². The van der Waals surface area contributed by atoms with Crippen LogP contribution in [0.2, 0.25) is 0 Å². The number of carbonyl (C=O) groups excluding carboxylic acids is 2. The summed E-state index contributed by atoms with van der Waals surface area (Å²) in [6, 6.07) is 5.49. The number of carbonyl (C=O) groups is 2. The van der Waals surface area contributed by atoms with Gasteiger partial charge in [-0.3, -0.25) is 9.59 Å². The molecule has 0 unspecified atom stereocenters. The summed E-state index contributed by atoms with van der Waals surface area (Å²) < 4.78 is 10.6. The summed E-state index contributed by atoms with van der Waals surface area (Å²) in [6.45, 7) is 2.47. The number of rotatable bonds is 5. The lowest BCUT2D eigenvalue weighted by atomic mass is 9.88. The zero-order valence-electron chi connectivity index (χ0n) is 16.4. The highest BCUT2D eigenvalue weighted by molar-refractivity contribution is 5.81. The third kappa shape index (κ3) is 4.73. The standard InChI is InChI=1S/C21H30N2O4/c1-26-18-8-9-19(27-2)17(14-18)15-20(24)22-10-12-23(13-11-22)21(25)16-6-4-3-5-7-16/h8-9,14,16H,3-7,10-13,15H2,1-2H3. The van der Waals surface area contributed by atoms with Gasteiger partial charge in [0.15, 0.2) is 0 Å². The molecule has 0 radical (unpaired) electrons. The average Bonchev–Trinajstić information content (AvgIpc) is 2.73. The van der Waals surface area contributed by atoms with Crippen LogP contribution in [-0.2, 0) is 16.0 Å². The monoisotopic (exact) mass is 374 g/mol. The van der Waals surface area contributed by atoms with Crippen molar-refractivity contribution in [2.45, 2.75) is 38.5 Å². The maximum atomic E-state index is 12.7. The molecule has 0 spiro atoms. The molecule has 1 heterocycles. The van der Waals surface area contributed by atoms with Gasteiger partial charge in [0.1, 0.15) is 11.5 Å². The van der Waals surface area contributed by atoms with Crippen molar-refractivity contribution in [1.82, 2.24) is 9.80 Å². The molecule has 6 nitrogen and oxygen atoms in total. The van der Waals surface area contributed by atoms with Crippen LogP contribution in [0.3, 0.4) is 0 Å². The maximum Gasteiger partial charge on any atom is 0.227 e. The second-order valence-corrected chi connectivity index (χ2v) is 7.40. The quantitative estimate of drug-likeness (QED) is 0.795. The Bertz CT molecular complexity index is 662. The summed E-state index contributed by atoms with van der Waals surface area (Å²) in [4.78, 5) is 29.2. The summed E-state index contributed by atoms with van der Waals surface area (Å²) in [5.41, 5.74) is 0.822. The van der Waals surface area contributed by atoms with E-state index in [-0.39, 0.29) is 24.2 Å². The van der Waals surface area contributed by atoms with E-state index in [1.54, 1.807) is 14.2 Å². The number of methoxy groups -OCH3 is 2. The Morgan fingerprint density at radius 2 is 1.63 bits per heavy atom. The van der Waals surface area contributed by atoms with Gasteiger partial charge in [0.25, 0.3) is 0 Å². The Morgan fingerprint density at radius 3 is 2.26 bits per heavy atom. The molecule has 1 aliphatic heterocycles. The van der Waals surface area contributed by atoms with Crippen molar-refractivity contribution in [3.8, 4) is 11.5 Å². The predicted molar refractivity (Wildman–Crippen MR) is 103 cm³/mol. The molecular formula is C21H30N2O4. The summed E-state index contributed by atoms with van der Waals surface area (Å²) in [5.74, 6) is 1.95. The minimum Gasteiger partial charge on any atom is -0.497 e. The van der Waals surface area contributed by atoms with Crippen LogP contribution in [0.5, 0.6) is 11.5 Å². The minimum atomic E-state index is 0.0614. The lowest BCUT2D eigenvalue weighted by Crippen LogP contribution is -2.52. The van der Waals surface area contributed by atoms with Crippen LogP contribution in [0, 0.1) is 5.92 Å². The normalized spacial score (nSPS) is 18.3. The molecule has 1 saturated heterocycles. The molecule has 3 rings (SSSR count). The maximum absolute atomic E-state index is 12.7. The zero-order chi connectivity index (χ0) is 19.2. The van der Waals surface area contributed by atoms with Crippen molar-refractivity contribution in [2.75, 3.05) is 40.4 Å². The molecule has 2 amide bonds. The van der Waals surface area contributed by atoms with E-state index < -0.39 is 0 Å². The number of amides is 2. The molecular weight excluding hydrogens is 344 g/mol. The fourth-order valence-corrected chi connectivity index (χ4v) is 4.08. The Labute approximate surface area is 161 Å². The molecule has 0 bridgehead atoms. The molecule has 1 aliphatic carbocycles. The van der Waals surface area contributed by atoms with Crippen LogP contribution in [-0.4, -0.2) is 62.0 Å². The van der Waals surface area contributed by atoms with Gasteiger partial charge in [-0.15, -0.1) is 0 Å². The van der Waals surface area contributed by atoms with Gasteiger partial charge in [0, 0.05) is 37.7 Å². The van der Waals surface area contributed by atoms with Gasteiger partial charge in [0.2, 0.25) is 11.8 Å². The Morgan fingerprint density at radius 1 is 0.963 bits per heavy atom. The molecule has 2 fully saturated rings. The van der Waals surface area contributed by atoms with Crippen molar-refractivity contribution in [1.29, 1.82) is 0 Å². The summed E-state index contributed by atoms with van der Waals surface area (Å²) >= 11 is 0. The second kappa shape index (κ2) is 9.11. The first kappa shape index (κ1) is 19.5. The van der Waals surface area contributed by atoms with Crippen LogP contribution in [0.1, 0.15) is 37.7 Å². The van der Waals surface area contributed by atoms with E-state index in [1.807, 2.05) is 28.0 Å². The van der Waals surface area contributed by atoms with E-state index in [2.05, 4.69) is 0 Å². The Kier molecular flexibility index (Phi) is 6.58. The van der Waals surface area contributed by atoms with Crippen molar-refractivity contribution < 1.29 is 19.1 Å².